The number of nitrogens with zero attached hydrogens (tertiary/aromatic N) is 4. The SMILES string of the molecule is CNC(=O)[C@@]12C[C@@H]1[C@@H](n1cnc3c(/C=C(\O)c4ccccc4Cl)nc(C#Cc4ccccc4Cl)nc31)[C@@H](O)[C@H]2O. The summed E-state index contributed by atoms with van der Waals surface area (Å²) in [6.07, 6.45) is 0.864. The molecule has 2 aliphatic rings. The summed E-state index contributed by atoms with van der Waals surface area (Å²) >= 11 is 12.6. The maximum absolute atomic E-state index is 12.6. The van der Waals surface area contributed by atoms with Crippen molar-refractivity contribution in [3.05, 3.63) is 87.5 Å². The van der Waals surface area contributed by atoms with Crippen molar-refractivity contribution in [3.63, 3.8) is 0 Å². The van der Waals surface area contributed by atoms with Gasteiger partial charge in [-0.1, -0.05) is 53.4 Å². The molecule has 1 amide bonds. The van der Waals surface area contributed by atoms with Crippen LogP contribution in [-0.4, -0.2) is 60.0 Å². The van der Waals surface area contributed by atoms with Crippen LogP contribution in [0.25, 0.3) is 23.0 Å². The first-order valence-electron chi connectivity index (χ1n) is 12.5. The van der Waals surface area contributed by atoms with Crippen LogP contribution in [0.1, 0.15) is 35.1 Å². The average molecular weight is 576 g/mol. The number of carbonyl (C=O) groups excluding carboxylic acids is 1. The predicted molar refractivity (Wildman–Crippen MR) is 150 cm³/mol. The van der Waals surface area contributed by atoms with Gasteiger partial charge in [-0.25, -0.2) is 15.0 Å². The summed E-state index contributed by atoms with van der Waals surface area (Å²) in [6.45, 7) is 0. The minimum absolute atomic E-state index is 0.119. The van der Waals surface area contributed by atoms with E-state index in [4.69, 9.17) is 23.2 Å². The van der Waals surface area contributed by atoms with E-state index in [2.05, 4.69) is 32.1 Å². The predicted octanol–water partition coefficient (Wildman–Crippen LogP) is 3.62. The van der Waals surface area contributed by atoms with Gasteiger partial charge in [-0.15, -0.1) is 0 Å². The minimum Gasteiger partial charge on any atom is -0.507 e. The van der Waals surface area contributed by atoms with E-state index < -0.39 is 23.7 Å². The minimum atomic E-state index is -1.25. The largest absolute Gasteiger partial charge is 0.507 e. The van der Waals surface area contributed by atoms with Crippen molar-refractivity contribution < 1.29 is 20.1 Å². The van der Waals surface area contributed by atoms with Gasteiger partial charge in [0.15, 0.2) is 5.65 Å². The van der Waals surface area contributed by atoms with Crippen molar-refractivity contribution in [2.45, 2.75) is 24.7 Å². The molecule has 6 rings (SSSR count). The first kappa shape index (κ1) is 26.3. The molecule has 0 bridgehead atoms. The van der Waals surface area contributed by atoms with Crippen molar-refractivity contribution in [3.8, 4) is 11.8 Å². The van der Waals surface area contributed by atoms with Crippen molar-refractivity contribution in [2.24, 2.45) is 11.3 Å². The number of aliphatic hydroxyl groups excluding tert-OH is 3. The quantitative estimate of drug-likeness (QED) is 0.216. The molecular weight excluding hydrogens is 553 g/mol. The first-order chi connectivity index (χ1) is 19.3. The number of carbonyl (C=O) groups is 1. The van der Waals surface area contributed by atoms with Gasteiger partial charge in [0.25, 0.3) is 0 Å². The number of hydrogen-bond acceptors (Lipinski definition) is 7. The van der Waals surface area contributed by atoms with Crippen LogP contribution in [0.2, 0.25) is 10.0 Å². The van der Waals surface area contributed by atoms with E-state index >= 15 is 0 Å². The highest BCUT2D eigenvalue weighted by Gasteiger charge is 2.75. The molecule has 0 spiro atoms. The van der Waals surface area contributed by atoms with E-state index in [0.29, 0.717) is 38.8 Å². The maximum atomic E-state index is 12.6. The Hall–Kier alpha value is -3.94. The smallest absolute Gasteiger partial charge is 0.229 e. The van der Waals surface area contributed by atoms with E-state index in [1.165, 1.54) is 19.5 Å². The van der Waals surface area contributed by atoms with Crippen molar-refractivity contribution in [1.82, 2.24) is 24.8 Å². The molecule has 0 saturated heterocycles. The molecule has 5 atom stereocenters. The third kappa shape index (κ3) is 4.12. The van der Waals surface area contributed by atoms with Gasteiger partial charge in [0, 0.05) is 30.2 Å². The van der Waals surface area contributed by atoms with E-state index in [0.717, 1.165) is 0 Å². The topological polar surface area (TPSA) is 133 Å². The molecule has 0 aliphatic heterocycles. The Morgan fingerprint density at radius 2 is 1.82 bits per heavy atom. The summed E-state index contributed by atoms with van der Waals surface area (Å²) in [5.41, 5.74) is 0.849. The molecule has 40 heavy (non-hydrogen) atoms. The number of aliphatic hydroxyl groups is 3. The average Bonchev–Trinajstić information content (AvgIpc) is 3.49. The van der Waals surface area contributed by atoms with Crippen LogP contribution in [0, 0.1) is 23.2 Å². The van der Waals surface area contributed by atoms with Gasteiger partial charge in [-0.05, 0) is 36.6 Å². The molecule has 0 unspecified atom stereocenters. The third-order valence-electron chi connectivity index (χ3n) is 7.70. The van der Waals surface area contributed by atoms with Crippen molar-refractivity contribution in [2.75, 3.05) is 7.05 Å². The monoisotopic (exact) mass is 575 g/mol. The lowest BCUT2D eigenvalue weighted by Gasteiger charge is -2.23. The summed E-state index contributed by atoms with van der Waals surface area (Å²) in [5.74, 6) is 5.25. The van der Waals surface area contributed by atoms with E-state index in [9.17, 15) is 20.1 Å². The lowest BCUT2D eigenvalue weighted by Crippen LogP contribution is -2.41. The number of halogens is 2. The Bertz CT molecular complexity index is 1760. The Morgan fingerprint density at radius 1 is 1.10 bits per heavy atom. The summed E-state index contributed by atoms with van der Waals surface area (Å²) in [6, 6.07) is 13.3. The molecule has 4 N–H and O–H groups in total. The van der Waals surface area contributed by atoms with Crippen LogP contribution in [0.5, 0.6) is 0 Å². The Morgan fingerprint density at radius 3 is 2.55 bits per heavy atom. The fourth-order valence-corrected chi connectivity index (χ4v) is 6.08. The van der Waals surface area contributed by atoms with E-state index in [-0.39, 0.29) is 29.1 Å². The van der Waals surface area contributed by atoms with Gasteiger partial charge in [-0.2, -0.15) is 0 Å². The Kier molecular flexibility index (Phi) is 6.51. The van der Waals surface area contributed by atoms with Crippen molar-refractivity contribution >= 4 is 52.1 Å². The first-order valence-corrected chi connectivity index (χ1v) is 13.3. The van der Waals surface area contributed by atoms with Gasteiger partial charge >= 0.3 is 0 Å². The normalized spacial score (nSPS) is 25.3. The molecule has 11 heteroatoms. The number of nitrogens with one attached hydrogen (secondary N) is 1. The molecule has 2 fully saturated rings. The van der Waals surface area contributed by atoms with Gasteiger partial charge in [0.05, 0.1) is 39.6 Å². The molecule has 9 nitrogen and oxygen atoms in total. The third-order valence-corrected chi connectivity index (χ3v) is 8.36. The zero-order valence-corrected chi connectivity index (χ0v) is 22.6. The summed E-state index contributed by atoms with van der Waals surface area (Å²) in [4.78, 5) is 26.3. The highest BCUT2D eigenvalue weighted by molar-refractivity contribution is 6.32. The van der Waals surface area contributed by atoms with Gasteiger partial charge in [-0.3, -0.25) is 4.79 Å². The van der Waals surface area contributed by atoms with Crippen LogP contribution in [0.3, 0.4) is 0 Å². The van der Waals surface area contributed by atoms with Crippen LogP contribution >= 0.6 is 23.2 Å². The van der Waals surface area contributed by atoms with E-state index in [1.54, 1.807) is 47.0 Å². The van der Waals surface area contributed by atoms with E-state index in [1.807, 2.05) is 6.07 Å². The summed E-state index contributed by atoms with van der Waals surface area (Å²) in [7, 11) is 1.51. The highest BCUT2D eigenvalue weighted by Crippen LogP contribution is 2.67. The molecule has 2 saturated carbocycles. The molecule has 2 aromatic carbocycles. The second kappa shape index (κ2) is 9.91. The number of rotatable bonds is 4. The standard InChI is InChI=1S/C29H23Cl2N5O4/c1-32-28(40)29-13-17(29)24(25(38)26(29)39)36-14-33-23-20(12-21(37)16-7-3-5-9-19(16)31)34-22(35-27(23)36)11-10-15-6-2-4-8-18(15)30/h2-9,12,14,17,24-26,37-39H,13H2,1H3,(H,32,40)/b21-12-/t17-,24-,25-,26-,29+/m1/s1. The van der Waals surface area contributed by atoms with Gasteiger partial charge < -0.3 is 25.2 Å². The number of amides is 1. The molecular formula is C29H23Cl2N5O4. The van der Waals surface area contributed by atoms with Crippen LogP contribution in [0.4, 0.5) is 0 Å². The second-order valence-corrected chi connectivity index (χ2v) is 10.7. The fraction of sp³-hybridized carbons (Fsp3) is 0.241. The second-order valence-electron chi connectivity index (χ2n) is 9.85. The molecule has 2 aromatic heterocycles. The fourth-order valence-electron chi connectivity index (χ4n) is 5.66. The zero-order valence-electron chi connectivity index (χ0n) is 21.1. The number of benzene rings is 2. The highest BCUT2D eigenvalue weighted by atomic mass is 35.5. The number of fused-ring (bicyclic) bond motifs is 2. The van der Waals surface area contributed by atoms with Crippen LogP contribution < -0.4 is 5.32 Å². The molecule has 4 aromatic rings. The van der Waals surface area contributed by atoms with Gasteiger partial charge in [0.1, 0.15) is 17.4 Å². The Balaban J connectivity index is 1.50. The lowest BCUT2D eigenvalue weighted by molar-refractivity contribution is -0.132. The number of imidazole rings is 1. The van der Waals surface area contributed by atoms with Crippen LogP contribution in [-0.2, 0) is 4.79 Å². The summed E-state index contributed by atoms with van der Waals surface area (Å²) in [5, 5.41) is 36.2. The number of hydrogen-bond donors (Lipinski definition) is 4. The number of aromatic nitrogens is 4. The molecule has 2 aliphatic carbocycles. The lowest BCUT2D eigenvalue weighted by atomic mass is 9.98. The Labute approximate surface area is 239 Å². The zero-order chi connectivity index (χ0) is 28.2. The van der Waals surface area contributed by atoms with Crippen LogP contribution in [0.15, 0.2) is 54.9 Å². The summed E-state index contributed by atoms with van der Waals surface area (Å²) < 4.78 is 1.65. The molecule has 0 radical (unpaired) electrons. The molecule has 202 valence electrons. The maximum Gasteiger partial charge on any atom is 0.229 e. The molecule has 2 heterocycles. The van der Waals surface area contributed by atoms with Gasteiger partial charge in [0.2, 0.25) is 11.7 Å². The van der Waals surface area contributed by atoms with Crippen molar-refractivity contribution in [1.29, 1.82) is 0 Å².